The van der Waals surface area contributed by atoms with Crippen molar-refractivity contribution in [2.24, 2.45) is 7.05 Å². The molecule has 0 fully saturated rings. The van der Waals surface area contributed by atoms with E-state index in [4.69, 9.17) is 9.47 Å². The first-order valence-electron chi connectivity index (χ1n) is 7.53. The van der Waals surface area contributed by atoms with Gasteiger partial charge in [-0.3, -0.25) is 9.48 Å². The molecule has 23 heavy (non-hydrogen) atoms. The van der Waals surface area contributed by atoms with Crippen LogP contribution in [0.4, 0.5) is 5.69 Å². The molecule has 3 rings (SSSR count). The van der Waals surface area contributed by atoms with E-state index in [0.29, 0.717) is 30.2 Å². The van der Waals surface area contributed by atoms with Crippen LogP contribution in [0.1, 0.15) is 36.7 Å². The third-order valence-corrected chi connectivity index (χ3v) is 3.50. The normalized spacial score (nSPS) is 15.0. The number of aromatic nitrogens is 3. The molecule has 122 valence electrons. The number of carbonyl (C=O) groups is 1. The molecule has 0 aromatic carbocycles. The van der Waals surface area contributed by atoms with Crippen LogP contribution in [0.3, 0.4) is 0 Å². The van der Waals surface area contributed by atoms with Gasteiger partial charge in [0.05, 0.1) is 18.5 Å². The second-order valence-electron chi connectivity index (χ2n) is 6.13. The maximum atomic E-state index is 12.6. The molecule has 3 heterocycles. The number of nitrogens with zero attached hydrogens (tertiary/aromatic N) is 3. The number of carbonyl (C=O) groups excluding carboxylic acids is 1. The van der Waals surface area contributed by atoms with Gasteiger partial charge in [0, 0.05) is 25.2 Å². The van der Waals surface area contributed by atoms with Crippen LogP contribution < -0.4 is 14.8 Å². The van der Waals surface area contributed by atoms with Crippen LogP contribution in [0.2, 0.25) is 0 Å². The number of amides is 1. The Morgan fingerprint density at radius 2 is 2.30 bits per heavy atom. The van der Waals surface area contributed by atoms with Crippen molar-refractivity contribution < 1.29 is 14.3 Å². The van der Waals surface area contributed by atoms with Crippen molar-refractivity contribution in [3.8, 4) is 11.8 Å². The van der Waals surface area contributed by atoms with E-state index in [0.717, 1.165) is 5.56 Å². The van der Waals surface area contributed by atoms with Crippen molar-refractivity contribution in [1.82, 2.24) is 14.8 Å². The van der Waals surface area contributed by atoms with Gasteiger partial charge in [0.15, 0.2) is 0 Å². The first-order chi connectivity index (χ1) is 10.9. The van der Waals surface area contributed by atoms with Crippen molar-refractivity contribution >= 4 is 11.6 Å². The monoisotopic (exact) mass is 316 g/mol. The molecule has 7 heteroatoms. The lowest BCUT2D eigenvalue weighted by atomic mass is 10.0. The molecule has 1 N–H and O–H groups in total. The number of ether oxygens (including phenoxy) is 2. The number of rotatable bonds is 4. The largest absolute Gasteiger partial charge is 0.477 e. The zero-order valence-corrected chi connectivity index (χ0v) is 13.7. The first-order valence-corrected chi connectivity index (χ1v) is 7.53. The lowest BCUT2D eigenvalue weighted by Crippen LogP contribution is -2.24. The highest BCUT2D eigenvalue weighted by Crippen LogP contribution is 2.36. The summed E-state index contributed by atoms with van der Waals surface area (Å²) >= 11 is 0. The third-order valence-electron chi connectivity index (χ3n) is 3.50. The van der Waals surface area contributed by atoms with Crippen molar-refractivity contribution in [3.63, 3.8) is 0 Å². The predicted molar refractivity (Wildman–Crippen MR) is 85.0 cm³/mol. The highest BCUT2D eigenvalue weighted by molar-refractivity contribution is 6.06. The lowest BCUT2D eigenvalue weighted by Gasteiger charge is -2.16. The predicted octanol–water partition coefficient (Wildman–Crippen LogP) is 2.18. The van der Waals surface area contributed by atoms with Gasteiger partial charge in [0.1, 0.15) is 11.2 Å². The maximum Gasteiger partial charge on any atom is 0.261 e. The molecule has 1 aliphatic rings. The number of anilines is 1. The minimum atomic E-state index is -0.322. The molecule has 2 aromatic rings. The van der Waals surface area contributed by atoms with Crippen LogP contribution in [0.15, 0.2) is 18.5 Å². The number of pyridine rings is 1. The molecule has 1 amide bonds. The molecule has 7 nitrogen and oxygen atoms in total. The summed E-state index contributed by atoms with van der Waals surface area (Å²) in [4.78, 5) is 17.0. The summed E-state index contributed by atoms with van der Waals surface area (Å²) in [6.45, 7) is 6.25. The molecule has 0 saturated carbocycles. The van der Waals surface area contributed by atoms with Gasteiger partial charge in [0.25, 0.3) is 5.91 Å². The fourth-order valence-electron chi connectivity index (χ4n) is 2.59. The van der Waals surface area contributed by atoms with Gasteiger partial charge < -0.3 is 14.8 Å². The van der Waals surface area contributed by atoms with Gasteiger partial charge in [-0.1, -0.05) is 0 Å². The van der Waals surface area contributed by atoms with Gasteiger partial charge in [-0.05, 0) is 26.8 Å². The third kappa shape index (κ3) is 3.13. The number of nitrogens with one attached hydrogen (secondary N) is 1. The molecule has 0 spiro atoms. The highest BCUT2D eigenvalue weighted by Gasteiger charge is 2.33. The fraction of sp³-hybridized carbons (Fsp3) is 0.438. The molecule has 0 bridgehead atoms. The summed E-state index contributed by atoms with van der Waals surface area (Å²) in [5.41, 5.74) is 1.61. The average molecular weight is 316 g/mol. The maximum absolute atomic E-state index is 12.6. The van der Waals surface area contributed by atoms with Crippen LogP contribution in [-0.4, -0.2) is 32.9 Å². The van der Waals surface area contributed by atoms with E-state index in [2.05, 4.69) is 15.4 Å². The van der Waals surface area contributed by atoms with Crippen LogP contribution in [0.5, 0.6) is 11.8 Å². The number of fused-ring (bicyclic) bond motifs is 1. The Balaban J connectivity index is 1.92. The van der Waals surface area contributed by atoms with Crippen molar-refractivity contribution in [2.75, 3.05) is 11.9 Å². The van der Waals surface area contributed by atoms with Crippen LogP contribution in [0.25, 0.3) is 0 Å². The average Bonchev–Trinajstić information content (AvgIpc) is 2.99. The molecule has 0 unspecified atom stereocenters. The van der Waals surface area contributed by atoms with Crippen molar-refractivity contribution in [3.05, 3.63) is 29.6 Å². The van der Waals surface area contributed by atoms with E-state index in [9.17, 15) is 4.79 Å². The lowest BCUT2D eigenvalue weighted by molar-refractivity contribution is 0.102. The second-order valence-corrected chi connectivity index (χ2v) is 6.13. The molecule has 0 atom stereocenters. The van der Waals surface area contributed by atoms with E-state index in [-0.39, 0.29) is 17.4 Å². The number of hydrogen-bond donors (Lipinski definition) is 1. The zero-order valence-electron chi connectivity index (χ0n) is 13.7. The topological polar surface area (TPSA) is 78.3 Å². The summed E-state index contributed by atoms with van der Waals surface area (Å²) in [5, 5.41) is 6.84. The van der Waals surface area contributed by atoms with Crippen LogP contribution in [-0.2, 0) is 13.5 Å². The standard InChI is InChI=1S/C16H20N4O3/c1-5-22-15-12(13(21)18-11-8-17-20(4)9-11)6-10-7-16(2,3)23-14(10)19-15/h6,8-9H,5,7H2,1-4H3,(H,18,21). The molecule has 0 radical (unpaired) electrons. The molecule has 1 aliphatic heterocycles. The van der Waals surface area contributed by atoms with Gasteiger partial charge >= 0.3 is 0 Å². The Morgan fingerprint density at radius 3 is 2.96 bits per heavy atom. The summed E-state index contributed by atoms with van der Waals surface area (Å²) < 4.78 is 12.9. The Bertz CT molecular complexity index is 752. The van der Waals surface area contributed by atoms with E-state index in [1.165, 1.54) is 0 Å². The highest BCUT2D eigenvalue weighted by atomic mass is 16.5. The minimum Gasteiger partial charge on any atom is -0.477 e. The van der Waals surface area contributed by atoms with E-state index in [1.54, 1.807) is 30.2 Å². The Kier molecular flexibility index (Phi) is 3.71. The molecule has 2 aromatic heterocycles. The van der Waals surface area contributed by atoms with Crippen molar-refractivity contribution in [1.29, 1.82) is 0 Å². The van der Waals surface area contributed by atoms with Gasteiger partial charge in [-0.2, -0.15) is 10.1 Å². The fourth-order valence-corrected chi connectivity index (χ4v) is 2.59. The summed E-state index contributed by atoms with van der Waals surface area (Å²) in [5.74, 6) is 0.545. The minimum absolute atomic E-state index is 0.276. The number of aryl methyl sites for hydroxylation is 1. The molecular formula is C16H20N4O3. The summed E-state index contributed by atoms with van der Waals surface area (Å²) in [6.07, 6.45) is 4.02. The first kappa shape index (κ1) is 15.3. The van der Waals surface area contributed by atoms with E-state index in [1.807, 2.05) is 20.8 Å². The Morgan fingerprint density at radius 1 is 1.52 bits per heavy atom. The van der Waals surface area contributed by atoms with Crippen LogP contribution >= 0.6 is 0 Å². The van der Waals surface area contributed by atoms with Crippen LogP contribution in [0, 0.1) is 0 Å². The molecular weight excluding hydrogens is 296 g/mol. The van der Waals surface area contributed by atoms with Crippen molar-refractivity contribution in [2.45, 2.75) is 32.8 Å². The Hall–Kier alpha value is -2.57. The van der Waals surface area contributed by atoms with E-state index >= 15 is 0 Å². The van der Waals surface area contributed by atoms with Gasteiger partial charge in [-0.25, -0.2) is 0 Å². The molecule has 0 aliphatic carbocycles. The second kappa shape index (κ2) is 5.57. The van der Waals surface area contributed by atoms with Gasteiger partial charge in [0.2, 0.25) is 11.8 Å². The molecule has 0 saturated heterocycles. The SMILES string of the molecule is CCOc1nc2c(cc1C(=O)Nc1cnn(C)c1)CC(C)(C)O2. The number of hydrogen-bond acceptors (Lipinski definition) is 5. The quantitative estimate of drug-likeness (QED) is 0.935. The van der Waals surface area contributed by atoms with Gasteiger partial charge in [-0.15, -0.1) is 0 Å². The zero-order chi connectivity index (χ0) is 16.6. The smallest absolute Gasteiger partial charge is 0.261 e. The summed E-state index contributed by atoms with van der Waals surface area (Å²) in [7, 11) is 1.79. The Labute approximate surface area is 134 Å². The van der Waals surface area contributed by atoms with E-state index < -0.39 is 0 Å². The summed E-state index contributed by atoms with van der Waals surface area (Å²) in [6, 6.07) is 1.80.